The van der Waals surface area contributed by atoms with Crippen molar-refractivity contribution in [3.8, 4) is 0 Å². The highest BCUT2D eigenvalue weighted by molar-refractivity contribution is 6.00. The molecule has 4 heteroatoms. The van der Waals surface area contributed by atoms with Crippen LogP contribution in [0.3, 0.4) is 0 Å². The second-order valence-corrected chi connectivity index (χ2v) is 9.88. The summed E-state index contributed by atoms with van der Waals surface area (Å²) in [7, 11) is 0. The molecule has 4 nitrogen and oxygen atoms in total. The predicted octanol–water partition coefficient (Wildman–Crippen LogP) is 5.19. The van der Waals surface area contributed by atoms with Gasteiger partial charge < -0.3 is 10.1 Å². The van der Waals surface area contributed by atoms with Gasteiger partial charge in [-0.15, -0.1) is 0 Å². The third-order valence-corrected chi connectivity index (χ3v) is 6.84. The highest BCUT2D eigenvalue weighted by Gasteiger charge is 2.47. The van der Waals surface area contributed by atoms with Gasteiger partial charge in [-0.25, -0.2) is 0 Å². The van der Waals surface area contributed by atoms with Crippen LogP contribution in [0.2, 0.25) is 0 Å². The number of hydrogen-bond acceptors (Lipinski definition) is 4. The largest absolute Gasteiger partial charge is 0.462 e. The Morgan fingerprint density at radius 1 is 1.17 bits per heavy atom. The zero-order valence-electron chi connectivity index (χ0n) is 18.4. The van der Waals surface area contributed by atoms with Crippen LogP contribution in [0.1, 0.15) is 76.3 Å². The van der Waals surface area contributed by atoms with E-state index in [1.54, 1.807) is 0 Å². The summed E-state index contributed by atoms with van der Waals surface area (Å²) in [4.78, 5) is 26.6. The van der Waals surface area contributed by atoms with Gasteiger partial charge in [-0.05, 0) is 55.1 Å². The molecule has 0 amide bonds. The Morgan fingerprint density at radius 2 is 1.83 bits per heavy atom. The molecule has 1 heterocycles. The first kappa shape index (κ1) is 20.9. The van der Waals surface area contributed by atoms with Gasteiger partial charge >= 0.3 is 5.97 Å². The van der Waals surface area contributed by atoms with Crippen molar-refractivity contribution in [1.82, 2.24) is 5.32 Å². The first-order valence-electron chi connectivity index (χ1n) is 11.3. The van der Waals surface area contributed by atoms with Crippen LogP contribution < -0.4 is 5.32 Å². The van der Waals surface area contributed by atoms with E-state index in [0.29, 0.717) is 12.1 Å². The van der Waals surface area contributed by atoms with E-state index in [9.17, 15) is 9.59 Å². The minimum absolute atomic E-state index is 0.00946. The molecule has 2 unspecified atom stereocenters. The van der Waals surface area contributed by atoms with Gasteiger partial charge in [0.1, 0.15) is 12.0 Å². The Labute approximate surface area is 179 Å². The van der Waals surface area contributed by atoms with Crippen LogP contribution in [0.25, 0.3) is 0 Å². The molecular weight excluding hydrogens is 374 g/mol. The molecule has 2 aliphatic carbocycles. The molecule has 1 saturated carbocycles. The van der Waals surface area contributed by atoms with Gasteiger partial charge in [-0.1, -0.05) is 51.6 Å². The SMILES string of the molecule is C=C1NC2=C(C(=O)CC(C)(C)C2)C(c2ccc(CC)cc2)C1C(=O)OC1CCCC1. The van der Waals surface area contributed by atoms with Gasteiger partial charge in [-0.2, -0.15) is 0 Å². The number of benzene rings is 1. The fraction of sp³-hybridized carbons (Fsp3) is 0.538. The molecule has 1 aromatic carbocycles. The minimum atomic E-state index is -0.581. The van der Waals surface area contributed by atoms with Gasteiger partial charge in [0.15, 0.2) is 5.78 Å². The Bertz CT molecular complexity index is 887. The van der Waals surface area contributed by atoms with Crippen LogP contribution in [-0.2, 0) is 20.7 Å². The molecule has 1 fully saturated rings. The topological polar surface area (TPSA) is 55.4 Å². The van der Waals surface area contributed by atoms with Crippen molar-refractivity contribution in [3.63, 3.8) is 0 Å². The van der Waals surface area contributed by atoms with Gasteiger partial charge in [-0.3, -0.25) is 9.59 Å². The number of ether oxygens (including phenoxy) is 1. The molecule has 1 aliphatic heterocycles. The van der Waals surface area contributed by atoms with E-state index in [-0.39, 0.29) is 29.2 Å². The second-order valence-electron chi connectivity index (χ2n) is 9.88. The first-order valence-corrected chi connectivity index (χ1v) is 11.3. The van der Waals surface area contributed by atoms with E-state index in [2.05, 4.69) is 56.9 Å². The number of nitrogens with one attached hydrogen (secondary N) is 1. The van der Waals surface area contributed by atoms with Crippen LogP contribution in [0.5, 0.6) is 0 Å². The molecule has 4 rings (SSSR count). The molecular formula is C26H33NO3. The Balaban J connectivity index is 1.76. The zero-order chi connectivity index (χ0) is 21.5. The van der Waals surface area contributed by atoms with E-state index >= 15 is 0 Å². The maximum Gasteiger partial charge on any atom is 0.316 e. The third-order valence-electron chi connectivity index (χ3n) is 6.84. The normalized spacial score (nSPS) is 26.4. The summed E-state index contributed by atoms with van der Waals surface area (Å²) in [6, 6.07) is 8.32. The van der Waals surface area contributed by atoms with Crippen molar-refractivity contribution in [1.29, 1.82) is 0 Å². The molecule has 0 bridgehead atoms. The van der Waals surface area contributed by atoms with E-state index < -0.39 is 5.92 Å². The van der Waals surface area contributed by atoms with Crippen molar-refractivity contribution in [2.45, 2.75) is 77.7 Å². The molecule has 1 N–H and O–H groups in total. The van der Waals surface area contributed by atoms with Crippen LogP contribution in [0.15, 0.2) is 47.8 Å². The number of carbonyl (C=O) groups excluding carboxylic acids is 2. The van der Waals surface area contributed by atoms with E-state index in [1.165, 1.54) is 5.56 Å². The second kappa shape index (κ2) is 8.05. The zero-order valence-corrected chi connectivity index (χ0v) is 18.4. The van der Waals surface area contributed by atoms with Gasteiger partial charge in [0.25, 0.3) is 0 Å². The predicted molar refractivity (Wildman–Crippen MR) is 118 cm³/mol. The van der Waals surface area contributed by atoms with Crippen LogP contribution in [0, 0.1) is 11.3 Å². The van der Waals surface area contributed by atoms with E-state index in [4.69, 9.17) is 4.74 Å². The average molecular weight is 408 g/mol. The highest BCUT2D eigenvalue weighted by atomic mass is 16.5. The summed E-state index contributed by atoms with van der Waals surface area (Å²) in [6.45, 7) is 10.6. The number of esters is 1. The molecule has 0 spiro atoms. The summed E-state index contributed by atoms with van der Waals surface area (Å²) >= 11 is 0. The lowest BCUT2D eigenvalue weighted by Crippen LogP contribution is -2.44. The number of ketones is 1. The molecule has 0 aromatic heterocycles. The Morgan fingerprint density at radius 3 is 2.47 bits per heavy atom. The Kier molecular flexibility index (Phi) is 5.61. The first-order chi connectivity index (χ1) is 14.3. The van der Waals surface area contributed by atoms with Gasteiger partial charge in [0.05, 0.1) is 0 Å². The molecule has 0 saturated heterocycles. The molecule has 160 valence electrons. The Hall–Kier alpha value is -2.36. The van der Waals surface area contributed by atoms with Crippen molar-refractivity contribution in [3.05, 3.63) is 58.9 Å². The van der Waals surface area contributed by atoms with Crippen molar-refractivity contribution < 1.29 is 14.3 Å². The van der Waals surface area contributed by atoms with Crippen molar-refractivity contribution >= 4 is 11.8 Å². The lowest BCUT2D eigenvalue weighted by atomic mass is 9.66. The summed E-state index contributed by atoms with van der Waals surface area (Å²) in [5.41, 5.74) is 4.45. The number of aryl methyl sites for hydroxylation is 1. The third kappa shape index (κ3) is 3.97. The van der Waals surface area contributed by atoms with Crippen molar-refractivity contribution in [2.24, 2.45) is 11.3 Å². The lowest BCUT2D eigenvalue weighted by molar-refractivity contribution is -0.153. The monoisotopic (exact) mass is 407 g/mol. The quantitative estimate of drug-likeness (QED) is 0.698. The molecule has 3 aliphatic rings. The summed E-state index contributed by atoms with van der Waals surface area (Å²) in [5.74, 6) is -1.04. The maximum absolute atomic E-state index is 13.3. The average Bonchev–Trinajstić information content (AvgIpc) is 3.18. The van der Waals surface area contributed by atoms with Crippen LogP contribution in [-0.4, -0.2) is 17.9 Å². The van der Waals surface area contributed by atoms with Gasteiger partial charge in [0.2, 0.25) is 0 Å². The number of carbonyl (C=O) groups is 2. The van der Waals surface area contributed by atoms with E-state index in [0.717, 1.165) is 55.4 Å². The highest BCUT2D eigenvalue weighted by Crippen LogP contribution is 2.48. The van der Waals surface area contributed by atoms with Gasteiger partial charge in [0, 0.05) is 29.3 Å². The number of rotatable bonds is 4. The fourth-order valence-corrected chi connectivity index (χ4v) is 5.29. The summed E-state index contributed by atoms with van der Waals surface area (Å²) < 4.78 is 5.90. The smallest absolute Gasteiger partial charge is 0.316 e. The molecule has 2 atom stereocenters. The van der Waals surface area contributed by atoms with Crippen LogP contribution in [0.4, 0.5) is 0 Å². The van der Waals surface area contributed by atoms with Crippen LogP contribution >= 0.6 is 0 Å². The summed E-state index contributed by atoms with van der Waals surface area (Å²) in [5, 5.41) is 3.35. The number of Topliss-reactive ketones (excluding diaryl/α,β-unsaturated/α-hetero) is 1. The number of hydrogen-bond donors (Lipinski definition) is 1. The summed E-state index contributed by atoms with van der Waals surface area (Å²) in [6.07, 6.45) is 6.27. The maximum atomic E-state index is 13.3. The molecule has 1 aromatic rings. The minimum Gasteiger partial charge on any atom is -0.462 e. The number of allylic oxidation sites excluding steroid dienone is 2. The molecule has 0 radical (unpaired) electrons. The van der Waals surface area contributed by atoms with Crippen molar-refractivity contribution in [2.75, 3.05) is 0 Å². The van der Waals surface area contributed by atoms with E-state index in [1.807, 2.05) is 0 Å². The molecule has 30 heavy (non-hydrogen) atoms. The standard InChI is InChI=1S/C26H33NO3/c1-5-17-10-12-18(13-11-17)23-22(25(29)30-19-8-6-7-9-19)16(2)27-20-14-26(3,4)15-21(28)24(20)23/h10-13,19,22-23,27H,2,5-9,14-15H2,1,3-4H3. The lowest BCUT2D eigenvalue weighted by Gasteiger charge is -2.42. The fourth-order valence-electron chi connectivity index (χ4n) is 5.29.